The number of nitrogens with one attached hydrogen (secondary N) is 1. The summed E-state index contributed by atoms with van der Waals surface area (Å²) in [4.78, 5) is 21.0. The number of hydrogen-bond donors (Lipinski definition) is 1. The van der Waals surface area contributed by atoms with E-state index in [0.717, 1.165) is 4.47 Å². The molecule has 2 aliphatic rings. The summed E-state index contributed by atoms with van der Waals surface area (Å²) in [6.07, 6.45) is 5.52. The molecule has 1 saturated carbocycles. The molecule has 4 rings (SSSR count). The van der Waals surface area contributed by atoms with Crippen molar-refractivity contribution < 1.29 is 17.7 Å². The third-order valence-corrected chi connectivity index (χ3v) is 7.22. The van der Waals surface area contributed by atoms with Crippen LogP contribution >= 0.6 is 15.9 Å². The Morgan fingerprint density at radius 3 is 2.86 bits per heavy atom. The number of fused-ring (bicyclic) bond motifs is 1. The molecule has 2 fully saturated rings. The van der Waals surface area contributed by atoms with Gasteiger partial charge in [0.1, 0.15) is 0 Å². The molecule has 1 aliphatic carbocycles. The lowest BCUT2D eigenvalue weighted by Gasteiger charge is -2.24. The zero-order valence-electron chi connectivity index (χ0n) is 15.4. The van der Waals surface area contributed by atoms with E-state index in [4.69, 9.17) is 4.52 Å². The molecular weight excluding hydrogens is 450 g/mol. The number of aryl methyl sites for hydroxylation is 1. The van der Waals surface area contributed by atoms with Crippen molar-refractivity contribution >= 4 is 31.9 Å². The molecule has 9 nitrogen and oxygen atoms in total. The van der Waals surface area contributed by atoms with Crippen LogP contribution in [0.1, 0.15) is 34.9 Å². The second-order valence-corrected chi connectivity index (χ2v) is 10.5. The highest BCUT2D eigenvalue weighted by atomic mass is 79.9. The van der Waals surface area contributed by atoms with Crippen LogP contribution < -0.4 is 5.32 Å². The fourth-order valence-electron chi connectivity index (χ4n) is 4.32. The van der Waals surface area contributed by atoms with Gasteiger partial charge in [-0.3, -0.25) is 9.78 Å². The fraction of sp³-hybridized carbons (Fsp3) is 0.529. The van der Waals surface area contributed by atoms with Crippen LogP contribution in [0, 0.1) is 12.8 Å². The minimum absolute atomic E-state index is 0.00647. The van der Waals surface area contributed by atoms with E-state index in [0.29, 0.717) is 36.7 Å². The molecule has 1 saturated heterocycles. The molecule has 11 heteroatoms. The zero-order valence-corrected chi connectivity index (χ0v) is 17.8. The molecule has 3 heterocycles. The number of rotatable bonds is 4. The number of carbonyl (C=O) groups is 1. The molecule has 1 amide bonds. The maximum absolute atomic E-state index is 12.6. The monoisotopic (exact) mass is 469 g/mol. The number of sulfonamides is 1. The second-order valence-electron chi connectivity index (χ2n) is 7.56. The molecule has 1 aliphatic heterocycles. The van der Waals surface area contributed by atoms with Crippen molar-refractivity contribution in [1.29, 1.82) is 0 Å². The van der Waals surface area contributed by atoms with Crippen LogP contribution in [-0.4, -0.2) is 59.1 Å². The van der Waals surface area contributed by atoms with Gasteiger partial charge in [0, 0.05) is 36.0 Å². The van der Waals surface area contributed by atoms with Crippen LogP contribution in [-0.2, 0) is 15.4 Å². The van der Waals surface area contributed by atoms with Gasteiger partial charge in [-0.05, 0) is 47.7 Å². The van der Waals surface area contributed by atoms with Crippen LogP contribution in [0.15, 0.2) is 27.5 Å². The van der Waals surface area contributed by atoms with E-state index >= 15 is 0 Å². The quantitative estimate of drug-likeness (QED) is 0.715. The maximum Gasteiger partial charge on any atom is 0.253 e. The van der Waals surface area contributed by atoms with Gasteiger partial charge < -0.3 is 9.84 Å². The SMILES string of the molecule is Cc1noc([C@]23C[C@H](NC(=O)c4cncc(Br)c4)C[C@H]2CN(S(C)(=O)=O)C3)n1. The molecule has 0 spiro atoms. The number of aromatic nitrogens is 3. The van der Waals surface area contributed by atoms with Crippen LogP contribution in [0.4, 0.5) is 0 Å². The largest absolute Gasteiger partial charge is 0.349 e. The van der Waals surface area contributed by atoms with Gasteiger partial charge in [0.05, 0.1) is 17.2 Å². The Balaban J connectivity index is 1.58. The summed E-state index contributed by atoms with van der Waals surface area (Å²) >= 11 is 3.32. The van der Waals surface area contributed by atoms with Crippen LogP contribution in [0.5, 0.6) is 0 Å². The first-order valence-electron chi connectivity index (χ1n) is 8.85. The normalized spacial score (nSPS) is 27.7. The maximum atomic E-state index is 12.6. The summed E-state index contributed by atoms with van der Waals surface area (Å²) in [5, 5.41) is 6.94. The highest BCUT2D eigenvalue weighted by Gasteiger charge is 2.59. The van der Waals surface area contributed by atoms with Crippen LogP contribution in [0.3, 0.4) is 0 Å². The summed E-state index contributed by atoms with van der Waals surface area (Å²) in [6, 6.07) is 1.59. The molecule has 2 aromatic heterocycles. The zero-order chi connectivity index (χ0) is 20.1. The topological polar surface area (TPSA) is 118 Å². The van der Waals surface area contributed by atoms with E-state index < -0.39 is 15.4 Å². The van der Waals surface area contributed by atoms with E-state index in [1.807, 2.05) is 0 Å². The molecular formula is C17H20BrN5O4S. The number of nitrogens with zero attached hydrogens (tertiary/aromatic N) is 4. The van der Waals surface area contributed by atoms with Crippen molar-refractivity contribution in [3.8, 4) is 0 Å². The number of pyridine rings is 1. The van der Waals surface area contributed by atoms with Crippen LogP contribution in [0.2, 0.25) is 0 Å². The van der Waals surface area contributed by atoms with Crippen LogP contribution in [0.25, 0.3) is 0 Å². The van der Waals surface area contributed by atoms with Crippen molar-refractivity contribution in [1.82, 2.24) is 24.7 Å². The number of carbonyl (C=O) groups excluding carboxylic acids is 1. The highest BCUT2D eigenvalue weighted by Crippen LogP contribution is 2.50. The standard InChI is InChI=1S/C17H20BrN5O4S/c1-10-20-16(27-22-10)17-5-14(4-12(17)8-23(9-17)28(2,25)26)21-15(24)11-3-13(18)7-19-6-11/h3,6-7,12,14H,4-5,8-9H2,1-2H3,(H,21,24)/t12-,14+,17-/m0/s1. The van der Waals surface area contributed by atoms with E-state index in [1.165, 1.54) is 16.8 Å². The van der Waals surface area contributed by atoms with Gasteiger partial charge in [0.25, 0.3) is 5.91 Å². The third-order valence-electron chi connectivity index (χ3n) is 5.57. The predicted molar refractivity (Wildman–Crippen MR) is 103 cm³/mol. The van der Waals surface area contributed by atoms with Gasteiger partial charge in [-0.25, -0.2) is 12.7 Å². The van der Waals surface area contributed by atoms with Gasteiger partial charge >= 0.3 is 0 Å². The van der Waals surface area contributed by atoms with Crippen molar-refractivity contribution in [3.63, 3.8) is 0 Å². The molecule has 28 heavy (non-hydrogen) atoms. The Labute approximate surface area is 171 Å². The first-order valence-corrected chi connectivity index (χ1v) is 11.5. The number of hydrogen-bond acceptors (Lipinski definition) is 7. The smallest absolute Gasteiger partial charge is 0.253 e. The highest BCUT2D eigenvalue weighted by molar-refractivity contribution is 9.10. The predicted octanol–water partition coefficient (Wildman–Crippen LogP) is 1.26. The van der Waals surface area contributed by atoms with Crippen molar-refractivity contribution in [2.75, 3.05) is 19.3 Å². The first-order chi connectivity index (χ1) is 13.2. The average Bonchev–Trinajstić information content (AvgIpc) is 3.26. The number of amides is 1. The van der Waals surface area contributed by atoms with Gasteiger partial charge in [0.15, 0.2) is 5.82 Å². The van der Waals surface area contributed by atoms with E-state index in [1.54, 1.807) is 19.2 Å². The molecule has 2 aromatic rings. The van der Waals surface area contributed by atoms with Crippen molar-refractivity contribution in [2.45, 2.75) is 31.2 Å². The summed E-state index contributed by atoms with van der Waals surface area (Å²) in [5.41, 5.74) is -0.121. The Kier molecular flexibility index (Phi) is 4.79. The summed E-state index contributed by atoms with van der Waals surface area (Å²) in [7, 11) is -3.33. The third kappa shape index (κ3) is 3.46. The Bertz CT molecular complexity index is 1030. The molecule has 0 aromatic carbocycles. The number of halogens is 1. The Hall–Kier alpha value is -1.85. The van der Waals surface area contributed by atoms with Gasteiger partial charge in [-0.15, -0.1) is 0 Å². The molecule has 0 bridgehead atoms. The Morgan fingerprint density at radius 2 is 2.21 bits per heavy atom. The first kappa shape index (κ1) is 19.5. The summed E-state index contributed by atoms with van der Waals surface area (Å²) in [5.74, 6) is 0.735. The molecule has 0 radical (unpaired) electrons. The Morgan fingerprint density at radius 1 is 1.43 bits per heavy atom. The molecule has 1 N–H and O–H groups in total. The molecule has 150 valence electrons. The molecule has 3 atom stereocenters. The van der Waals surface area contributed by atoms with Gasteiger partial charge in [0.2, 0.25) is 15.9 Å². The lowest BCUT2D eigenvalue weighted by molar-refractivity contribution is 0.0934. The summed E-state index contributed by atoms with van der Waals surface area (Å²) < 4.78 is 31.8. The fourth-order valence-corrected chi connectivity index (χ4v) is 5.60. The lowest BCUT2D eigenvalue weighted by atomic mass is 9.80. The van der Waals surface area contributed by atoms with Gasteiger partial charge in [-0.1, -0.05) is 5.16 Å². The lowest BCUT2D eigenvalue weighted by Crippen LogP contribution is -2.39. The second kappa shape index (κ2) is 6.89. The van der Waals surface area contributed by atoms with E-state index in [-0.39, 0.29) is 24.4 Å². The van der Waals surface area contributed by atoms with E-state index in [9.17, 15) is 13.2 Å². The minimum Gasteiger partial charge on any atom is -0.349 e. The molecule has 0 unspecified atom stereocenters. The van der Waals surface area contributed by atoms with Crippen molar-refractivity contribution in [2.24, 2.45) is 5.92 Å². The van der Waals surface area contributed by atoms with E-state index in [2.05, 4.69) is 36.4 Å². The average molecular weight is 470 g/mol. The van der Waals surface area contributed by atoms with Gasteiger partial charge in [-0.2, -0.15) is 4.98 Å². The minimum atomic E-state index is -3.33. The van der Waals surface area contributed by atoms with Crippen molar-refractivity contribution in [3.05, 3.63) is 40.2 Å². The summed E-state index contributed by atoms with van der Waals surface area (Å²) in [6.45, 7) is 2.39.